The monoisotopic (exact) mass is 271 g/mol. The van der Waals surface area contributed by atoms with Gasteiger partial charge in [0.2, 0.25) is 0 Å². The fourth-order valence-electron chi connectivity index (χ4n) is 2.94. The molecular weight excluding hydrogens is 250 g/mol. The highest BCUT2D eigenvalue weighted by Gasteiger charge is 2.34. The Hall–Kier alpha value is -0.0500. The van der Waals surface area contributed by atoms with E-state index in [0.717, 1.165) is 36.1 Å². The Balaban J connectivity index is 2.06. The van der Waals surface area contributed by atoms with Crippen LogP contribution in [0.5, 0.6) is 0 Å². The summed E-state index contributed by atoms with van der Waals surface area (Å²) in [5.41, 5.74) is 6.57. The van der Waals surface area contributed by atoms with Gasteiger partial charge in [-0.15, -0.1) is 11.3 Å². The van der Waals surface area contributed by atoms with E-state index in [0.29, 0.717) is 0 Å². The Bertz CT molecular complexity index is 374. The summed E-state index contributed by atoms with van der Waals surface area (Å²) in [6, 6.07) is 1.98. The standard InChI is InChI=1S/C14H22ClNS/c1-10(2)11-4-3-6-14(16,8-11)9-13-12(15)5-7-17-13/h5,7,10-11H,3-4,6,8-9,16H2,1-2H3. The molecule has 1 aromatic rings. The maximum Gasteiger partial charge on any atom is 0.0545 e. The Labute approximate surface area is 113 Å². The van der Waals surface area contributed by atoms with Crippen LogP contribution in [-0.2, 0) is 6.42 Å². The second-order valence-corrected chi connectivity index (χ2v) is 7.24. The maximum atomic E-state index is 6.60. The molecular formula is C14H22ClNS. The van der Waals surface area contributed by atoms with E-state index in [4.69, 9.17) is 17.3 Å². The van der Waals surface area contributed by atoms with Crippen LogP contribution in [0.3, 0.4) is 0 Å². The zero-order valence-electron chi connectivity index (χ0n) is 10.7. The predicted molar refractivity (Wildman–Crippen MR) is 76.7 cm³/mol. The van der Waals surface area contributed by atoms with E-state index in [9.17, 15) is 0 Å². The van der Waals surface area contributed by atoms with Crippen molar-refractivity contribution >= 4 is 22.9 Å². The maximum absolute atomic E-state index is 6.60. The molecule has 96 valence electrons. The molecule has 2 atom stereocenters. The normalized spacial score (nSPS) is 29.8. The molecule has 2 unspecified atom stereocenters. The van der Waals surface area contributed by atoms with E-state index in [1.54, 1.807) is 11.3 Å². The largest absolute Gasteiger partial charge is 0.325 e. The Morgan fingerprint density at radius 2 is 2.35 bits per heavy atom. The van der Waals surface area contributed by atoms with Crippen molar-refractivity contribution in [1.82, 2.24) is 0 Å². The summed E-state index contributed by atoms with van der Waals surface area (Å²) in [4.78, 5) is 1.26. The zero-order chi connectivity index (χ0) is 12.5. The van der Waals surface area contributed by atoms with Gasteiger partial charge in [-0.25, -0.2) is 0 Å². The van der Waals surface area contributed by atoms with Crippen molar-refractivity contribution in [1.29, 1.82) is 0 Å². The molecule has 1 saturated carbocycles. The van der Waals surface area contributed by atoms with Gasteiger partial charge in [0.1, 0.15) is 0 Å². The molecule has 0 bridgehead atoms. The lowest BCUT2D eigenvalue weighted by molar-refractivity contribution is 0.183. The smallest absolute Gasteiger partial charge is 0.0545 e. The molecule has 0 saturated heterocycles. The van der Waals surface area contributed by atoms with Crippen molar-refractivity contribution in [3.05, 3.63) is 21.3 Å². The molecule has 1 heterocycles. The van der Waals surface area contributed by atoms with E-state index in [2.05, 4.69) is 19.2 Å². The number of nitrogens with two attached hydrogens (primary N) is 1. The number of rotatable bonds is 3. The fraction of sp³-hybridized carbons (Fsp3) is 0.714. The average molecular weight is 272 g/mol. The summed E-state index contributed by atoms with van der Waals surface area (Å²) >= 11 is 7.91. The molecule has 0 radical (unpaired) electrons. The van der Waals surface area contributed by atoms with Crippen LogP contribution < -0.4 is 5.73 Å². The third-order valence-electron chi connectivity index (χ3n) is 4.06. The van der Waals surface area contributed by atoms with Crippen LogP contribution >= 0.6 is 22.9 Å². The molecule has 1 aliphatic rings. The van der Waals surface area contributed by atoms with Crippen LogP contribution in [0.4, 0.5) is 0 Å². The van der Waals surface area contributed by atoms with Crippen LogP contribution in [0.2, 0.25) is 5.02 Å². The minimum absolute atomic E-state index is 0.0261. The lowest BCUT2D eigenvalue weighted by Crippen LogP contribution is -2.47. The van der Waals surface area contributed by atoms with Crippen LogP contribution in [0.15, 0.2) is 11.4 Å². The summed E-state index contributed by atoms with van der Waals surface area (Å²) < 4.78 is 0. The summed E-state index contributed by atoms with van der Waals surface area (Å²) in [6.07, 6.45) is 5.85. The van der Waals surface area contributed by atoms with Gasteiger partial charge < -0.3 is 5.73 Å². The zero-order valence-corrected chi connectivity index (χ0v) is 12.3. The molecule has 0 aromatic carbocycles. The van der Waals surface area contributed by atoms with E-state index in [1.165, 1.54) is 17.7 Å². The third kappa shape index (κ3) is 3.24. The van der Waals surface area contributed by atoms with E-state index < -0.39 is 0 Å². The minimum atomic E-state index is -0.0261. The second kappa shape index (κ2) is 5.29. The first-order valence-corrected chi connectivity index (χ1v) is 7.77. The Morgan fingerprint density at radius 1 is 1.59 bits per heavy atom. The number of thiophene rings is 1. The first kappa shape index (κ1) is 13.4. The third-order valence-corrected chi connectivity index (χ3v) is 5.45. The van der Waals surface area contributed by atoms with Gasteiger partial charge >= 0.3 is 0 Å². The molecule has 0 aliphatic heterocycles. The summed E-state index contributed by atoms with van der Waals surface area (Å²) in [7, 11) is 0. The molecule has 17 heavy (non-hydrogen) atoms. The quantitative estimate of drug-likeness (QED) is 0.861. The van der Waals surface area contributed by atoms with Gasteiger partial charge in [-0.2, -0.15) is 0 Å². The van der Waals surface area contributed by atoms with Crippen LogP contribution in [0.1, 0.15) is 44.4 Å². The van der Waals surface area contributed by atoms with Crippen molar-refractivity contribution in [3.63, 3.8) is 0 Å². The number of hydrogen-bond donors (Lipinski definition) is 1. The molecule has 1 aliphatic carbocycles. The van der Waals surface area contributed by atoms with Gasteiger partial charge in [-0.3, -0.25) is 0 Å². The van der Waals surface area contributed by atoms with Gasteiger partial charge in [0.15, 0.2) is 0 Å². The van der Waals surface area contributed by atoms with E-state index in [-0.39, 0.29) is 5.54 Å². The van der Waals surface area contributed by atoms with Crippen molar-refractivity contribution in [2.75, 3.05) is 0 Å². The predicted octanol–water partition coefficient (Wildman–Crippen LogP) is 4.49. The first-order chi connectivity index (χ1) is 8.00. The SMILES string of the molecule is CC(C)C1CCCC(N)(Cc2sccc2Cl)C1. The highest BCUT2D eigenvalue weighted by molar-refractivity contribution is 7.10. The van der Waals surface area contributed by atoms with Gasteiger partial charge in [0.25, 0.3) is 0 Å². The lowest BCUT2D eigenvalue weighted by atomic mass is 9.71. The molecule has 3 heteroatoms. The van der Waals surface area contributed by atoms with Gasteiger partial charge in [0, 0.05) is 16.8 Å². The molecule has 1 aromatic heterocycles. The lowest BCUT2D eigenvalue weighted by Gasteiger charge is -2.39. The van der Waals surface area contributed by atoms with Gasteiger partial charge in [-0.05, 0) is 36.1 Å². The highest BCUT2D eigenvalue weighted by Crippen LogP contribution is 2.38. The topological polar surface area (TPSA) is 26.0 Å². The van der Waals surface area contributed by atoms with Crippen molar-refractivity contribution in [2.45, 2.75) is 51.5 Å². The second-order valence-electron chi connectivity index (χ2n) is 5.83. The number of hydrogen-bond acceptors (Lipinski definition) is 2. The Morgan fingerprint density at radius 3 is 2.94 bits per heavy atom. The number of halogens is 1. The highest BCUT2D eigenvalue weighted by atomic mass is 35.5. The molecule has 1 fully saturated rings. The van der Waals surface area contributed by atoms with E-state index in [1.807, 2.05) is 6.07 Å². The summed E-state index contributed by atoms with van der Waals surface area (Å²) in [6.45, 7) is 4.63. The molecule has 0 spiro atoms. The first-order valence-electron chi connectivity index (χ1n) is 6.51. The minimum Gasteiger partial charge on any atom is -0.325 e. The van der Waals surface area contributed by atoms with Crippen molar-refractivity contribution < 1.29 is 0 Å². The molecule has 0 amide bonds. The van der Waals surface area contributed by atoms with Crippen LogP contribution in [0, 0.1) is 11.8 Å². The Kier molecular flexibility index (Phi) is 4.17. The van der Waals surface area contributed by atoms with Crippen molar-refractivity contribution in [2.24, 2.45) is 17.6 Å². The van der Waals surface area contributed by atoms with Gasteiger partial charge in [-0.1, -0.05) is 38.3 Å². The van der Waals surface area contributed by atoms with E-state index >= 15 is 0 Å². The molecule has 1 nitrogen and oxygen atoms in total. The average Bonchev–Trinajstić information content (AvgIpc) is 2.64. The van der Waals surface area contributed by atoms with Crippen LogP contribution in [0.25, 0.3) is 0 Å². The summed E-state index contributed by atoms with van der Waals surface area (Å²) in [5, 5.41) is 2.95. The van der Waals surface area contributed by atoms with Gasteiger partial charge in [0.05, 0.1) is 5.02 Å². The summed E-state index contributed by atoms with van der Waals surface area (Å²) in [5.74, 6) is 1.53. The van der Waals surface area contributed by atoms with Crippen LogP contribution in [-0.4, -0.2) is 5.54 Å². The fourth-order valence-corrected chi connectivity index (χ4v) is 4.20. The molecule has 2 N–H and O–H groups in total. The molecule has 2 rings (SSSR count). The van der Waals surface area contributed by atoms with Crippen molar-refractivity contribution in [3.8, 4) is 0 Å².